The number of rotatable bonds is 5. The number of anilines is 1. The van der Waals surface area contributed by atoms with E-state index in [0.717, 1.165) is 25.1 Å². The zero-order valence-electron chi connectivity index (χ0n) is 13.6. The van der Waals surface area contributed by atoms with Crippen LogP contribution in [0.2, 0.25) is 10.0 Å². The lowest BCUT2D eigenvalue weighted by Gasteiger charge is -2.14. The standard InChI is InChI=1S/C17H11Cl2F2NO4S/c1-3-12-13(20)4-5-14(17(12)21)22-27(24,25)15-7-11(18)6-10(16(15)19)8-26-9(2)23/h1,4-7,22H,8H2,2H3. The third-order valence-corrected chi connectivity index (χ3v) is 5.45. The van der Waals surface area contributed by atoms with Gasteiger partial charge in [0.15, 0.2) is 5.82 Å². The van der Waals surface area contributed by atoms with Crippen LogP contribution in [0, 0.1) is 24.0 Å². The van der Waals surface area contributed by atoms with E-state index in [0.29, 0.717) is 0 Å². The summed E-state index contributed by atoms with van der Waals surface area (Å²) in [4.78, 5) is 10.5. The van der Waals surface area contributed by atoms with Gasteiger partial charge in [-0.15, -0.1) is 6.42 Å². The summed E-state index contributed by atoms with van der Waals surface area (Å²) in [5, 5.41) is -0.279. The molecule has 0 fully saturated rings. The van der Waals surface area contributed by atoms with Crippen LogP contribution in [0.3, 0.4) is 0 Å². The number of carbonyl (C=O) groups is 1. The van der Waals surface area contributed by atoms with Gasteiger partial charge in [0.05, 0.1) is 16.3 Å². The van der Waals surface area contributed by atoms with Gasteiger partial charge in [-0.1, -0.05) is 29.1 Å². The molecule has 0 spiro atoms. The Morgan fingerprint density at radius 3 is 2.56 bits per heavy atom. The molecule has 0 unspecified atom stereocenters. The van der Waals surface area contributed by atoms with Crippen molar-refractivity contribution in [3.05, 3.63) is 57.1 Å². The van der Waals surface area contributed by atoms with Crippen molar-refractivity contribution < 1.29 is 26.7 Å². The number of esters is 1. The first kappa shape index (κ1) is 21.0. The number of benzene rings is 2. The van der Waals surface area contributed by atoms with Gasteiger partial charge >= 0.3 is 5.97 Å². The molecule has 0 aliphatic carbocycles. The number of nitrogens with one attached hydrogen (secondary N) is 1. The lowest BCUT2D eigenvalue weighted by atomic mass is 10.2. The van der Waals surface area contributed by atoms with E-state index in [1.54, 1.807) is 5.92 Å². The monoisotopic (exact) mass is 433 g/mol. The highest BCUT2D eigenvalue weighted by Crippen LogP contribution is 2.32. The number of terminal acetylenes is 1. The van der Waals surface area contributed by atoms with Gasteiger partial charge in [0.25, 0.3) is 10.0 Å². The van der Waals surface area contributed by atoms with Crippen molar-refractivity contribution in [2.75, 3.05) is 4.72 Å². The number of halogens is 4. The second kappa shape index (κ2) is 8.13. The number of hydrogen-bond donors (Lipinski definition) is 1. The van der Waals surface area contributed by atoms with E-state index in [4.69, 9.17) is 34.4 Å². The molecule has 0 saturated heterocycles. The van der Waals surface area contributed by atoms with Crippen LogP contribution in [0.5, 0.6) is 0 Å². The third kappa shape index (κ3) is 4.69. The topological polar surface area (TPSA) is 72.5 Å². The summed E-state index contributed by atoms with van der Waals surface area (Å²) in [7, 11) is -4.43. The van der Waals surface area contributed by atoms with Gasteiger partial charge in [0.2, 0.25) is 0 Å². The molecule has 2 aromatic carbocycles. The summed E-state index contributed by atoms with van der Waals surface area (Å²) >= 11 is 12.0. The van der Waals surface area contributed by atoms with Crippen LogP contribution in [0.25, 0.3) is 0 Å². The highest BCUT2D eigenvalue weighted by Gasteiger charge is 2.24. The summed E-state index contributed by atoms with van der Waals surface area (Å²) in [6, 6.07) is 4.05. The quantitative estimate of drug-likeness (QED) is 0.568. The SMILES string of the molecule is C#Cc1c(F)ccc(NS(=O)(=O)c2cc(Cl)cc(COC(C)=O)c2Cl)c1F. The summed E-state index contributed by atoms with van der Waals surface area (Å²) < 4.78 is 59.7. The fraction of sp³-hybridized carbons (Fsp3) is 0.118. The van der Waals surface area contributed by atoms with Gasteiger partial charge < -0.3 is 4.74 Å². The first-order chi connectivity index (χ1) is 12.6. The highest BCUT2D eigenvalue weighted by atomic mass is 35.5. The zero-order valence-corrected chi connectivity index (χ0v) is 16.0. The van der Waals surface area contributed by atoms with Gasteiger partial charge in [0.1, 0.15) is 17.3 Å². The molecule has 2 aromatic rings. The van der Waals surface area contributed by atoms with Crippen LogP contribution in [0.15, 0.2) is 29.2 Å². The van der Waals surface area contributed by atoms with Crippen LogP contribution >= 0.6 is 23.2 Å². The molecule has 0 aromatic heterocycles. The average Bonchev–Trinajstić information content (AvgIpc) is 2.58. The van der Waals surface area contributed by atoms with E-state index in [-0.39, 0.29) is 22.2 Å². The maximum Gasteiger partial charge on any atom is 0.302 e. The first-order valence-electron chi connectivity index (χ1n) is 7.15. The van der Waals surface area contributed by atoms with Crippen molar-refractivity contribution in [1.82, 2.24) is 0 Å². The normalized spacial score (nSPS) is 11.0. The van der Waals surface area contributed by atoms with Crippen molar-refractivity contribution in [3.63, 3.8) is 0 Å². The first-order valence-corrected chi connectivity index (χ1v) is 9.39. The molecule has 0 bridgehead atoms. The Balaban J connectivity index is 2.49. The molecule has 2 rings (SSSR count). The average molecular weight is 434 g/mol. The van der Waals surface area contributed by atoms with E-state index in [9.17, 15) is 22.0 Å². The Labute approximate surface area is 164 Å². The van der Waals surface area contributed by atoms with Crippen molar-refractivity contribution in [1.29, 1.82) is 0 Å². The molecular weight excluding hydrogens is 423 g/mol. The van der Waals surface area contributed by atoms with Crippen LogP contribution in [-0.4, -0.2) is 14.4 Å². The molecule has 0 heterocycles. The minimum Gasteiger partial charge on any atom is -0.461 e. The fourth-order valence-corrected chi connectivity index (χ4v) is 4.04. The predicted molar refractivity (Wildman–Crippen MR) is 97.0 cm³/mol. The van der Waals surface area contributed by atoms with Crippen molar-refractivity contribution >= 4 is 44.9 Å². The van der Waals surface area contributed by atoms with Crippen LogP contribution in [0.4, 0.5) is 14.5 Å². The maximum atomic E-state index is 14.2. The van der Waals surface area contributed by atoms with E-state index in [1.807, 2.05) is 4.72 Å². The Bertz CT molecular complexity index is 1070. The second-order valence-corrected chi connectivity index (χ2v) is 7.66. The van der Waals surface area contributed by atoms with Crippen LogP contribution in [-0.2, 0) is 26.2 Å². The Morgan fingerprint density at radius 1 is 1.30 bits per heavy atom. The van der Waals surface area contributed by atoms with E-state index >= 15 is 0 Å². The molecule has 142 valence electrons. The van der Waals surface area contributed by atoms with Gasteiger partial charge in [0, 0.05) is 17.5 Å². The van der Waals surface area contributed by atoms with Crippen LogP contribution < -0.4 is 4.72 Å². The van der Waals surface area contributed by atoms with Gasteiger partial charge in [-0.3, -0.25) is 9.52 Å². The zero-order chi connectivity index (χ0) is 20.4. The molecule has 1 N–H and O–H groups in total. The summed E-state index contributed by atoms with van der Waals surface area (Å²) in [5.74, 6) is -1.06. The largest absolute Gasteiger partial charge is 0.461 e. The molecule has 0 amide bonds. The summed E-state index contributed by atoms with van der Waals surface area (Å²) in [5.41, 5.74) is -1.16. The molecular formula is C17H11Cl2F2NO4S. The van der Waals surface area contributed by atoms with E-state index in [2.05, 4.69) is 0 Å². The number of hydrogen-bond acceptors (Lipinski definition) is 4. The van der Waals surface area contributed by atoms with Crippen LogP contribution in [0.1, 0.15) is 18.1 Å². The lowest BCUT2D eigenvalue weighted by Crippen LogP contribution is -2.16. The maximum absolute atomic E-state index is 14.2. The summed E-state index contributed by atoms with van der Waals surface area (Å²) in [6.45, 7) is 0.849. The molecule has 0 atom stereocenters. The second-order valence-electron chi connectivity index (χ2n) is 5.19. The third-order valence-electron chi connectivity index (χ3n) is 3.28. The van der Waals surface area contributed by atoms with E-state index < -0.39 is 43.8 Å². The Morgan fingerprint density at radius 2 is 1.96 bits per heavy atom. The minimum atomic E-state index is -4.43. The molecule has 0 saturated carbocycles. The minimum absolute atomic E-state index is 0.00850. The molecule has 27 heavy (non-hydrogen) atoms. The molecule has 0 aliphatic rings. The van der Waals surface area contributed by atoms with E-state index in [1.165, 1.54) is 6.07 Å². The number of sulfonamides is 1. The molecule has 0 radical (unpaired) electrons. The van der Waals surface area contributed by atoms with Gasteiger partial charge in [-0.2, -0.15) is 0 Å². The smallest absolute Gasteiger partial charge is 0.302 e. The van der Waals surface area contributed by atoms with Crippen molar-refractivity contribution in [2.24, 2.45) is 0 Å². The van der Waals surface area contributed by atoms with Gasteiger partial charge in [-0.05, 0) is 24.3 Å². The fourth-order valence-electron chi connectivity index (χ4n) is 2.06. The lowest BCUT2D eigenvalue weighted by molar-refractivity contribution is -0.142. The molecule has 0 aliphatic heterocycles. The predicted octanol–water partition coefficient (Wildman–Crippen LogP) is 4.12. The number of ether oxygens (including phenoxy) is 1. The number of carbonyl (C=O) groups excluding carboxylic acids is 1. The molecule has 5 nitrogen and oxygen atoms in total. The van der Waals surface area contributed by atoms with Crippen molar-refractivity contribution in [3.8, 4) is 12.3 Å². The Hall–Kier alpha value is -2.34. The Kier molecular flexibility index (Phi) is 6.31. The highest BCUT2D eigenvalue weighted by molar-refractivity contribution is 7.92. The van der Waals surface area contributed by atoms with Crippen molar-refractivity contribution in [2.45, 2.75) is 18.4 Å². The van der Waals surface area contributed by atoms with Gasteiger partial charge in [-0.25, -0.2) is 17.2 Å². The molecule has 10 heteroatoms. The summed E-state index contributed by atoms with van der Waals surface area (Å²) in [6.07, 6.45) is 5.03.